The molecule has 0 saturated carbocycles. The SMILES string of the molecule is COc1ncccc1C(CC#N)C(C)C. The number of aromatic nitrogens is 1. The first-order valence-electron chi connectivity index (χ1n) is 5.06. The molecule has 0 fully saturated rings. The van der Waals surface area contributed by atoms with Gasteiger partial charge in [-0.05, 0) is 12.0 Å². The second kappa shape index (κ2) is 5.35. The van der Waals surface area contributed by atoms with Crippen LogP contribution in [0.3, 0.4) is 0 Å². The van der Waals surface area contributed by atoms with Gasteiger partial charge in [-0.2, -0.15) is 5.26 Å². The normalized spacial score (nSPS) is 12.2. The van der Waals surface area contributed by atoms with Crippen LogP contribution in [0.15, 0.2) is 18.3 Å². The Kier molecular flexibility index (Phi) is 4.11. The van der Waals surface area contributed by atoms with Crippen LogP contribution in [0.1, 0.15) is 31.7 Å². The van der Waals surface area contributed by atoms with Gasteiger partial charge in [0, 0.05) is 24.1 Å². The zero-order valence-corrected chi connectivity index (χ0v) is 9.40. The number of nitrogens with zero attached hydrogens (tertiary/aromatic N) is 2. The van der Waals surface area contributed by atoms with Crippen molar-refractivity contribution in [1.82, 2.24) is 4.98 Å². The third-order valence-electron chi connectivity index (χ3n) is 2.51. The van der Waals surface area contributed by atoms with Gasteiger partial charge in [0.1, 0.15) is 0 Å². The summed E-state index contributed by atoms with van der Waals surface area (Å²) in [5.74, 6) is 1.23. The highest BCUT2D eigenvalue weighted by atomic mass is 16.5. The monoisotopic (exact) mass is 204 g/mol. The quantitative estimate of drug-likeness (QED) is 0.757. The average Bonchev–Trinajstić information content (AvgIpc) is 2.25. The van der Waals surface area contributed by atoms with E-state index in [0.29, 0.717) is 18.2 Å². The standard InChI is InChI=1S/C12H16N2O/c1-9(2)10(6-7-13)11-5-4-8-14-12(11)15-3/h4-5,8-10H,6H2,1-3H3. The summed E-state index contributed by atoms with van der Waals surface area (Å²) in [6.45, 7) is 4.21. The van der Waals surface area contributed by atoms with Gasteiger partial charge in [0.2, 0.25) is 5.88 Å². The molecule has 0 aromatic carbocycles. The fourth-order valence-electron chi connectivity index (χ4n) is 1.66. The van der Waals surface area contributed by atoms with Crippen LogP contribution in [-0.2, 0) is 0 Å². The zero-order chi connectivity index (χ0) is 11.3. The zero-order valence-electron chi connectivity index (χ0n) is 9.40. The molecule has 0 amide bonds. The van der Waals surface area contributed by atoms with Crippen molar-refractivity contribution >= 4 is 0 Å². The number of hydrogen-bond donors (Lipinski definition) is 0. The van der Waals surface area contributed by atoms with E-state index in [9.17, 15) is 0 Å². The van der Waals surface area contributed by atoms with Gasteiger partial charge in [-0.25, -0.2) is 4.98 Å². The van der Waals surface area contributed by atoms with E-state index in [4.69, 9.17) is 10.00 Å². The third kappa shape index (κ3) is 2.69. The molecule has 3 nitrogen and oxygen atoms in total. The molecule has 0 aliphatic heterocycles. The van der Waals surface area contributed by atoms with E-state index in [2.05, 4.69) is 24.9 Å². The van der Waals surface area contributed by atoms with Crippen LogP contribution in [0, 0.1) is 17.2 Å². The maximum absolute atomic E-state index is 8.80. The van der Waals surface area contributed by atoms with E-state index < -0.39 is 0 Å². The molecule has 1 heterocycles. The molecule has 1 aromatic heterocycles. The summed E-state index contributed by atoms with van der Waals surface area (Å²) in [4.78, 5) is 4.15. The molecule has 0 N–H and O–H groups in total. The van der Waals surface area contributed by atoms with Gasteiger partial charge in [0.15, 0.2) is 0 Å². The van der Waals surface area contributed by atoms with Crippen LogP contribution in [0.25, 0.3) is 0 Å². The van der Waals surface area contributed by atoms with Gasteiger partial charge in [-0.3, -0.25) is 0 Å². The minimum absolute atomic E-state index is 0.193. The molecule has 1 unspecified atom stereocenters. The highest BCUT2D eigenvalue weighted by Crippen LogP contribution is 2.32. The van der Waals surface area contributed by atoms with E-state index in [1.54, 1.807) is 13.3 Å². The minimum atomic E-state index is 0.193. The van der Waals surface area contributed by atoms with Gasteiger partial charge >= 0.3 is 0 Å². The lowest BCUT2D eigenvalue weighted by Crippen LogP contribution is -2.08. The molecule has 0 spiro atoms. The first-order chi connectivity index (χ1) is 7.20. The number of nitriles is 1. The van der Waals surface area contributed by atoms with E-state index >= 15 is 0 Å². The number of methoxy groups -OCH3 is 1. The topological polar surface area (TPSA) is 45.9 Å². The molecule has 0 saturated heterocycles. The van der Waals surface area contributed by atoms with Crippen LogP contribution < -0.4 is 4.74 Å². The summed E-state index contributed by atoms with van der Waals surface area (Å²) >= 11 is 0. The lowest BCUT2D eigenvalue weighted by Gasteiger charge is -2.19. The molecule has 15 heavy (non-hydrogen) atoms. The summed E-state index contributed by atoms with van der Waals surface area (Å²) < 4.78 is 5.20. The molecule has 1 atom stereocenters. The summed E-state index contributed by atoms with van der Waals surface area (Å²) in [7, 11) is 1.61. The van der Waals surface area contributed by atoms with Crippen LogP contribution >= 0.6 is 0 Å². The van der Waals surface area contributed by atoms with Gasteiger partial charge in [-0.1, -0.05) is 19.9 Å². The molecule has 0 aliphatic rings. The molecule has 0 radical (unpaired) electrons. The molecule has 1 aromatic rings. The molecular weight excluding hydrogens is 188 g/mol. The molecule has 3 heteroatoms. The molecular formula is C12H16N2O. The smallest absolute Gasteiger partial charge is 0.216 e. The highest BCUT2D eigenvalue weighted by molar-refractivity contribution is 5.30. The molecule has 80 valence electrons. The second-order valence-electron chi connectivity index (χ2n) is 3.81. The van der Waals surface area contributed by atoms with Crippen molar-refractivity contribution in [2.75, 3.05) is 7.11 Å². The Hall–Kier alpha value is -1.56. The van der Waals surface area contributed by atoms with Crippen LogP contribution in [0.2, 0.25) is 0 Å². The largest absolute Gasteiger partial charge is 0.481 e. The second-order valence-corrected chi connectivity index (χ2v) is 3.81. The van der Waals surface area contributed by atoms with Gasteiger partial charge in [0.05, 0.1) is 13.2 Å². The minimum Gasteiger partial charge on any atom is -0.481 e. The summed E-state index contributed by atoms with van der Waals surface area (Å²) in [5.41, 5.74) is 1.02. The Morgan fingerprint density at radius 2 is 2.27 bits per heavy atom. The Morgan fingerprint density at radius 3 is 2.80 bits per heavy atom. The Morgan fingerprint density at radius 1 is 1.53 bits per heavy atom. The number of hydrogen-bond acceptors (Lipinski definition) is 3. The van der Waals surface area contributed by atoms with Crippen molar-refractivity contribution in [2.45, 2.75) is 26.2 Å². The van der Waals surface area contributed by atoms with Crippen LogP contribution in [0.5, 0.6) is 5.88 Å². The average molecular weight is 204 g/mol. The van der Waals surface area contributed by atoms with Crippen molar-refractivity contribution in [2.24, 2.45) is 5.92 Å². The molecule has 1 rings (SSSR count). The van der Waals surface area contributed by atoms with Crippen molar-refractivity contribution in [3.8, 4) is 11.9 Å². The van der Waals surface area contributed by atoms with E-state index in [1.807, 2.05) is 12.1 Å². The van der Waals surface area contributed by atoms with Gasteiger partial charge in [-0.15, -0.1) is 0 Å². The maximum Gasteiger partial charge on any atom is 0.216 e. The van der Waals surface area contributed by atoms with Crippen molar-refractivity contribution in [3.63, 3.8) is 0 Å². The first kappa shape index (κ1) is 11.5. The molecule has 0 bridgehead atoms. The van der Waals surface area contributed by atoms with Gasteiger partial charge in [0.25, 0.3) is 0 Å². The van der Waals surface area contributed by atoms with Crippen LogP contribution in [0.4, 0.5) is 0 Å². The van der Waals surface area contributed by atoms with E-state index in [-0.39, 0.29) is 5.92 Å². The predicted octanol–water partition coefficient (Wildman–Crippen LogP) is 2.74. The summed E-state index contributed by atoms with van der Waals surface area (Å²) in [6, 6.07) is 6.08. The first-order valence-corrected chi connectivity index (χ1v) is 5.06. The van der Waals surface area contributed by atoms with Crippen molar-refractivity contribution < 1.29 is 4.74 Å². The summed E-state index contributed by atoms with van der Waals surface area (Å²) in [5, 5.41) is 8.80. The Bertz CT molecular complexity index is 355. The fourth-order valence-corrected chi connectivity index (χ4v) is 1.66. The van der Waals surface area contributed by atoms with E-state index in [0.717, 1.165) is 5.56 Å². The molecule has 0 aliphatic carbocycles. The maximum atomic E-state index is 8.80. The Balaban J connectivity index is 3.05. The fraction of sp³-hybridized carbons (Fsp3) is 0.500. The highest BCUT2D eigenvalue weighted by Gasteiger charge is 2.19. The van der Waals surface area contributed by atoms with E-state index in [1.165, 1.54) is 0 Å². The number of rotatable bonds is 4. The van der Waals surface area contributed by atoms with Crippen molar-refractivity contribution in [1.29, 1.82) is 5.26 Å². The Labute approximate surface area is 90.7 Å². The number of ether oxygens (including phenoxy) is 1. The predicted molar refractivity (Wildman–Crippen MR) is 58.6 cm³/mol. The van der Waals surface area contributed by atoms with Crippen LogP contribution in [-0.4, -0.2) is 12.1 Å². The van der Waals surface area contributed by atoms with Crippen molar-refractivity contribution in [3.05, 3.63) is 23.9 Å². The van der Waals surface area contributed by atoms with Gasteiger partial charge < -0.3 is 4.74 Å². The number of pyridine rings is 1. The lowest BCUT2D eigenvalue weighted by molar-refractivity contribution is 0.379. The third-order valence-corrected chi connectivity index (χ3v) is 2.51. The lowest BCUT2D eigenvalue weighted by atomic mass is 9.87. The summed E-state index contributed by atoms with van der Waals surface area (Å²) in [6.07, 6.45) is 2.20.